The summed E-state index contributed by atoms with van der Waals surface area (Å²) in [6.45, 7) is 3.73. The quantitative estimate of drug-likeness (QED) is 0.379. The van der Waals surface area contributed by atoms with Crippen molar-refractivity contribution in [2.45, 2.75) is 13.8 Å². The van der Waals surface area contributed by atoms with Crippen LogP contribution >= 0.6 is 11.3 Å². The third-order valence-corrected chi connectivity index (χ3v) is 5.09. The van der Waals surface area contributed by atoms with Gasteiger partial charge in [0.2, 0.25) is 11.5 Å². The van der Waals surface area contributed by atoms with E-state index in [1.54, 1.807) is 42.5 Å². The number of ketones is 1. The Bertz CT molecular complexity index is 1040. The fourth-order valence-electron chi connectivity index (χ4n) is 2.67. The smallest absolute Gasteiger partial charge is 0.379 e. The molecule has 0 aliphatic carbocycles. The molecule has 2 aromatic heterocycles. The Morgan fingerprint density at radius 1 is 1.19 bits per heavy atom. The normalized spacial score (nSPS) is 14.4. The largest absolute Gasteiger partial charge is 0.457 e. The zero-order chi connectivity index (χ0) is 18.3. The highest BCUT2D eigenvalue weighted by molar-refractivity contribution is 7.11. The first-order valence-corrected chi connectivity index (χ1v) is 8.80. The summed E-state index contributed by atoms with van der Waals surface area (Å²) >= 11 is 1.54. The first-order chi connectivity index (χ1) is 12.5. The molecule has 0 amide bonds. The number of thiophene rings is 1. The lowest BCUT2D eigenvalue weighted by Crippen LogP contribution is -2.08. The van der Waals surface area contributed by atoms with Gasteiger partial charge in [-0.15, -0.1) is 11.3 Å². The van der Waals surface area contributed by atoms with Crippen LogP contribution in [0.3, 0.4) is 0 Å². The Morgan fingerprint density at radius 2 is 2.04 bits per heavy atom. The minimum atomic E-state index is -0.604. The van der Waals surface area contributed by atoms with Gasteiger partial charge in [0, 0.05) is 16.5 Å². The van der Waals surface area contributed by atoms with Crippen molar-refractivity contribution in [3.05, 3.63) is 75.1 Å². The van der Waals surface area contributed by atoms with Gasteiger partial charge in [0.05, 0.1) is 11.8 Å². The first kappa shape index (κ1) is 16.4. The topological polar surface area (TPSA) is 65.7 Å². The van der Waals surface area contributed by atoms with E-state index in [-0.39, 0.29) is 17.3 Å². The van der Waals surface area contributed by atoms with Crippen molar-refractivity contribution in [1.29, 1.82) is 0 Å². The van der Waals surface area contributed by atoms with Crippen LogP contribution in [-0.2, 0) is 0 Å². The first-order valence-electron chi connectivity index (χ1n) is 7.92. The molecule has 5 nitrogen and oxygen atoms in total. The number of Topliss-reactive ketones (excluding diaryl/α,β-unsaturated/α-hetero) is 1. The number of hydrogen-bond donors (Lipinski definition) is 0. The van der Waals surface area contributed by atoms with Gasteiger partial charge in [-0.1, -0.05) is 0 Å². The van der Waals surface area contributed by atoms with Gasteiger partial charge in [0.25, 0.3) is 0 Å². The molecule has 3 aromatic rings. The summed E-state index contributed by atoms with van der Waals surface area (Å²) in [5, 5.41) is 1.96. The molecular weight excluding hydrogens is 352 g/mol. The molecule has 0 radical (unpaired) electrons. The van der Waals surface area contributed by atoms with E-state index in [1.165, 1.54) is 12.3 Å². The van der Waals surface area contributed by atoms with Crippen molar-refractivity contribution in [1.82, 2.24) is 0 Å². The number of esters is 1. The van der Waals surface area contributed by atoms with E-state index in [1.807, 2.05) is 18.4 Å². The van der Waals surface area contributed by atoms with Gasteiger partial charge in [0.15, 0.2) is 5.76 Å². The number of allylic oxidation sites excluding steroid dienone is 1. The van der Waals surface area contributed by atoms with Gasteiger partial charge < -0.3 is 13.9 Å². The minimum Gasteiger partial charge on any atom is -0.457 e. The van der Waals surface area contributed by atoms with E-state index in [9.17, 15) is 9.59 Å². The fourth-order valence-corrected chi connectivity index (χ4v) is 3.52. The number of benzene rings is 1. The second kappa shape index (κ2) is 6.31. The molecule has 0 saturated carbocycles. The van der Waals surface area contributed by atoms with E-state index < -0.39 is 5.97 Å². The van der Waals surface area contributed by atoms with Crippen LogP contribution in [0.25, 0.3) is 6.08 Å². The summed E-state index contributed by atoms with van der Waals surface area (Å²) in [6.07, 6.45) is 3.15. The predicted octanol–water partition coefficient (Wildman–Crippen LogP) is 4.79. The Kier molecular flexibility index (Phi) is 3.97. The lowest BCUT2D eigenvalue weighted by atomic mass is 10.1. The molecule has 4 rings (SSSR count). The second-order valence-electron chi connectivity index (χ2n) is 5.84. The van der Waals surface area contributed by atoms with Crippen LogP contribution in [0.4, 0.5) is 0 Å². The second-order valence-corrected chi connectivity index (χ2v) is 6.79. The Hall–Kier alpha value is -3.12. The molecular formula is C20H14O5S. The summed E-state index contributed by atoms with van der Waals surface area (Å²) in [7, 11) is 0. The van der Waals surface area contributed by atoms with E-state index in [0.717, 1.165) is 10.4 Å². The lowest BCUT2D eigenvalue weighted by molar-refractivity contribution is 0.0700. The molecule has 130 valence electrons. The van der Waals surface area contributed by atoms with Gasteiger partial charge in [0.1, 0.15) is 11.5 Å². The van der Waals surface area contributed by atoms with E-state index in [2.05, 4.69) is 0 Å². The fraction of sp³-hybridized carbons (Fsp3) is 0.100. The number of carbonyl (C=O) groups excluding carboxylic acids is 2. The monoisotopic (exact) mass is 366 g/mol. The number of rotatable bonds is 3. The van der Waals surface area contributed by atoms with Crippen LogP contribution in [0.5, 0.6) is 11.5 Å². The number of carbonyl (C=O) groups is 2. The maximum absolute atomic E-state index is 12.6. The molecule has 0 fully saturated rings. The number of ether oxygens (including phenoxy) is 2. The SMILES string of the molecule is Cc1ccsc1/C=C1\Oc2c(ccc(OC(=O)c3ccco3)c2C)C1=O. The molecule has 1 aromatic carbocycles. The molecule has 0 bridgehead atoms. The maximum Gasteiger partial charge on any atom is 0.379 e. The van der Waals surface area contributed by atoms with Crippen molar-refractivity contribution in [3.8, 4) is 11.5 Å². The zero-order valence-electron chi connectivity index (χ0n) is 14.1. The maximum atomic E-state index is 12.6. The van der Waals surface area contributed by atoms with E-state index >= 15 is 0 Å². The molecule has 0 spiro atoms. The molecule has 6 heteroatoms. The lowest BCUT2D eigenvalue weighted by Gasteiger charge is -2.09. The molecule has 0 saturated heterocycles. The summed E-state index contributed by atoms with van der Waals surface area (Å²) in [4.78, 5) is 25.6. The summed E-state index contributed by atoms with van der Waals surface area (Å²) < 4.78 is 16.2. The van der Waals surface area contributed by atoms with Crippen molar-refractivity contribution in [2.24, 2.45) is 0 Å². The van der Waals surface area contributed by atoms with Crippen LogP contribution in [0.1, 0.15) is 36.9 Å². The number of aryl methyl sites for hydroxylation is 1. The van der Waals surface area contributed by atoms with Crippen LogP contribution < -0.4 is 9.47 Å². The third-order valence-electron chi connectivity index (χ3n) is 4.13. The van der Waals surface area contributed by atoms with Crippen LogP contribution in [0.15, 0.2) is 52.2 Å². The molecule has 1 aliphatic rings. The van der Waals surface area contributed by atoms with Crippen LogP contribution in [0, 0.1) is 13.8 Å². The van der Waals surface area contributed by atoms with E-state index in [0.29, 0.717) is 22.6 Å². The van der Waals surface area contributed by atoms with Crippen molar-refractivity contribution >= 4 is 29.2 Å². The standard InChI is InChI=1S/C20H14O5S/c1-11-7-9-26-17(11)10-16-18(21)13-5-6-14(12(2)19(13)24-16)25-20(22)15-4-3-8-23-15/h3-10H,1-2H3/b16-10-. The van der Waals surface area contributed by atoms with Crippen molar-refractivity contribution < 1.29 is 23.5 Å². The molecule has 0 unspecified atom stereocenters. The van der Waals surface area contributed by atoms with Gasteiger partial charge in [-0.05, 0) is 55.1 Å². The van der Waals surface area contributed by atoms with Crippen molar-refractivity contribution in [2.75, 3.05) is 0 Å². The van der Waals surface area contributed by atoms with E-state index in [4.69, 9.17) is 13.9 Å². The number of furan rings is 1. The van der Waals surface area contributed by atoms with Gasteiger partial charge in [-0.25, -0.2) is 4.79 Å². The number of fused-ring (bicyclic) bond motifs is 1. The average molecular weight is 366 g/mol. The highest BCUT2D eigenvalue weighted by Gasteiger charge is 2.31. The third kappa shape index (κ3) is 2.74. The Morgan fingerprint density at radius 3 is 2.73 bits per heavy atom. The Balaban J connectivity index is 1.65. The van der Waals surface area contributed by atoms with Gasteiger partial charge in [-0.2, -0.15) is 0 Å². The molecule has 1 aliphatic heterocycles. The molecule has 26 heavy (non-hydrogen) atoms. The van der Waals surface area contributed by atoms with Crippen LogP contribution in [0.2, 0.25) is 0 Å². The predicted molar refractivity (Wildman–Crippen MR) is 96.8 cm³/mol. The van der Waals surface area contributed by atoms with Crippen LogP contribution in [-0.4, -0.2) is 11.8 Å². The number of hydrogen-bond acceptors (Lipinski definition) is 6. The highest BCUT2D eigenvalue weighted by atomic mass is 32.1. The molecule has 0 atom stereocenters. The zero-order valence-corrected chi connectivity index (χ0v) is 14.9. The molecule has 3 heterocycles. The van der Waals surface area contributed by atoms with Gasteiger partial charge in [-0.3, -0.25) is 4.79 Å². The molecule has 0 N–H and O–H groups in total. The Labute approximate surface area is 153 Å². The highest BCUT2D eigenvalue weighted by Crippen LogP contribution is 2.39. The average Bonchev–Trinajstić information content (AvgIpc) is 3.34. The van der Waals surface area contributed by atoms with Crippen molar-refractivity contribution in [3.63, 3.8) is 0 Å². The summed E-state index contributed by atoms with van der Waals surface area (Å²) in [6, 6.07) is 8.32. The summed E-state index contributed by atoms with van der Waals surface area (Å²) in [5.41, 5.74) is 2.13. The van der Waals surface area contributed by atoms with Gasteiger partial charge >= 0.3 is 5.97 Å². The summed E-state index contributed by atoms with van der Waals surface area (Å²) in [5.74, 6) is 0.331. The minimum absolute atomic E-state index is 0.107.